The summed E-state index contributed by atoms with van der Waals surface area (Å²) in [7, 11) is 1.63. The van der Waals surface area contributed by atoms with Crippen molar-refractivity contribution in [1.82, 2.24) is 14.3 Å². The van der Waals surface area contributed by atoms with Crippen molar-refractivity contribution in [2.75, 3.05) is 24.7 Å². The van der Waals surface area contributed by atoms with Gasteiger partial charge in [-0.25, -0.2) is 4.98 Å². The highest BCUT2D eigenvalue weighted by Gasteiger charge is 2.05. The first kappa shape index (κ1) is 18.5. The zero-order valence-corrected chi connectivity index (χ0v) is 16.0. The van der Waals surface area contributed by atoms with Crippen molar-refractivity contribution in [2.24, 2.45) is 0 Å². The first-order chi connectivity index (χ1) is 12.7. The first-order valence-corrected chi connectivity index (χ1v) is 10.2. The van der Waals surface area contributed by atoms with Gasteiger partial charge in [-0.2, -0.15) is 16.1 Å². The smallest absolute Gasteiger partial charge is 0.255 e. The molecular formula is C18H20N4O2S2. The normalized spacial score (nSPS) is 10.7. The number of rotatable bonds is 9. The van der Waals surface area contributed by atoms with Gasteiger partial charge >= 0.3 is 0 Å². The molecule has 26 heavy (non-hydrogen) atoms. The predicted molar refractivity (Wildman–Crippen MR) is 107 cm³/mol. The van der Waals surface area contributed by atoms with E-state index < -0.39 is 0 Å². The zero-order valence-electron chi connectivity index (χ0n) is 14.4. The maximum Gasteiger partial charge on any atom is 0.255 e. The molecule has 0 radical (unpaired) electrons. The Hall–Kier alpha value is -2.32. The molecule has 6 nitrogen and oxygen atoms in total. The lowest BCUT2D eigenvalue weighted by Gasteiger charge is -2.07. The van der Waals surface area contributed by atoms with Gasteiger partial charge in [0.15, 0.2) is 0 Å². The lowest BCUT2D eigenvalue weighted by atomic mass is 10.1. The average molecular weight is 389 g/mol. The van der Waals surface area contributed by atoms with Crippen molar-refractivity contribution in [2.45, 2.75) is 12.2 Å². The Kier molecular flexibility index (Phi) is 6.68. The summed E-state index contributed by atoms with van der Waals surface area (Å²) in [6.07, 6.45) is 2.15. The number of nitrogens with one attached hydrogen (secondary N) is 2. The Labute approximate surface area is 160 Å². The van der Waals surface area contributed by atoms with E-state index in [1.54, 1.807) is 25.1 Å². The van der Waals surface area contributed by atoms with Crippen LogP contribution in [0.5, 0.6) is 5.75 Å². The Morgan fingerprint density at radius 3 is 3.04 bits per heavy atom. The van der Waals surface area contributed by atoms with Gasteiger partial charge in [0.2, 0.25) is 5.95 Å². The van der Waals surface area contributed by atoms with Gasteiger partial charge in [-0.3, -0.25) is 9.78 Å². The fourth-order valence-corrected chi connectivity index (χ4v) is 3.75. The van der Waals surface area contributed by atoms with Crippen molar-refractivity contribution < 1.29 is 4.74 Å². The number of aromatic nitrogens is 3. The molecule has 0 amide bonds. The van der Waals surface area contributed by atoms with Gasteiger partial charge in [-0.05, 0) is 35.3 Å². The molecule has 0 saturated heterocycles. The third-order valence-electron chi connectivity index (χ3n) is 3.68. The van der Waals surface area contributed by atoms with Gasteiger partial charge in [0.05, 0.1) is 12.8 Å². The number of aromatic amines is 1. The summed E-state index contributed by atoms with van der Waals surface area (Å²) in [5, 5.41) is 5.13. The maximum absolute atomic E-state index is 12.3. The number of thioether (sulfide) groups is 1. The second kappa shape index (κ2) is 9.40. The summed E-state index contributed by atoms with van der Waals surface area (Å²) >= 11 is 3.26. The lowest BCUT2D eigenvalue weighted by Crippen LogP contribution is -2.18. The van der Waals surface area contributed by atoms with Crippen molar-refractivity contribution in [3.05, 3.63) is 69.1 Å². The van der Waals surface area contributed by atoms with Gasteiger partial charge in [0.25, 0.3) is 5.56 Å². The number of nitrogens with zero attached hydrogens (tertiary/aromatic N) is 2. The number of methoxy groups -OCH3 is 1. The SMILES string of the molecule is COc1cccc(Cc2cnc(NCCSCc3ccsn3)[nH]c2=O)c1. The Morgan fingerprint density at radius 1 is 1.35 bits per heavy atom. The second-order valence-electron chi connectivity index (χ2n) is 5.58. The highest BCUT2D eigenvalue weighted by atomic mass is 32.2. The minimum absolute atomic E-state index is 0.125. The quantitative estimate of drug-likeness (QED) is 0.548. The molecule has 3 rings (SSSR count). The predicted octanol–water partition coefficient (Wildman–Crippen LogP) is 3.17. The molecule has 136 valence electrons. The van der Waals surface area contributed by atoms with E-state index in [4.69, 9.17) is 4.74 Å². The molecular weight excluding hydrogens is 368 g/mol. The van der Waals surface area contributed by atoms with Crippen molar-refractivity contribution in [1.29, 1.82) is 0 Å². The van der Waals surface area contributed by atoms with Gasteiger partial charge in [-0.15, -0.1) is 0 Å². The van der Waals surface area contributed by atoms with Crippen LogP contribution in [0.3, 0.4) is 0 Å². The molecule has 2 N–H and O–H groups in total. The number of benzene rings is 1. The standard InChI is InChI=1S/C18H20N4O2S2/c1-24-16-4-2-3-13(10-16)9-14-11-20-18(21-17(14)23)19-6-8-25-12-15-5-7-26-22-15/h2-5,7,10-11H,6,8-9,12H2,1H3,(H2,19,20,21,23). The molecule has 0 saturated carbocycles. The molecule has 0 atom stereocenters. The number of hydrogen-bond donors (Lipinski definition) is 2. The number of anilines is 1. The van der Waals surface area contributed by atoms with Gasteiger partial charge in [0.1, 0.15) is 5.75 Å². The van der Waals surface area contributed by atoms with Crippen LogP contribution in [0.1, 0.15) is 16.8 Å². The molecule has 0 spiro atoms. The summed E-state index contributed by atoms with van der Waals surface area (Å²) in [5.74, 6) is 3.08. The Balaban J connectivity index is 1.49. The molecule has 1 aromatic carbocycles. The van der Waals surface area contributed by atoms with Crippen LogP contribution in [-0.4, -0.2) is 33.7 Å². The third kappa shape index (κ3) is 5.34. The summed E-state index contributed by atoms with van der Waals surface area (Å²) in [6.45, 7) is 0.729. The highest BCUT2D eigenvalue weighted by molar-refractivity contribution is 7.98. The molecule has 0 bridgehead atoms. The van der Waals surface area contributed by atoms with Crippen LogP contribution in [-0.2, 0) is 12.2 Å². The van der Waals surface area contributed by atoms with Crippen LogP contribution in [0.15, 0.2) is 46.7 Å². The summed E-state index contributed by atoms with van der Waals surface area (Å²) in [4.78, 5) is 19.4. The number of ether oxygens (including phenoxy) is 1. The largest absolute Gasteiger partial charge is 0.497 e. The molecule has 3 aromatic rings. The molecule has 2 heterocycles. The van der Waals surface area contributed by atoms with E-state index in [1.165, 1.54) is 11.5 Å². The highest BCUT2D eigenvalue weighted by Crippen LogP contribution is 2.15. The molecule has 0 unspecified atom stereocenters. The Bertz CT molecular complexity index is 881. The number of H-pyrrole nitrogens is 1. The van der Waals surface area contributed by atoms with Crippen LogP contribution >= 0.6 is 23.3 Å². The average Bonchev–Trinajstić information content (AvgIpc) is 3.17. The van der Waals surface area contributed by atoms with E-state index in [-0.39, 0.29) is 5.56 Å². The molecule has 0 aliphatic carbocycles. The molecule has 8 heteroatoms. The van der Waals surface area contributed by atoms with E-state index in [1.807, 2.05) is 35.7 Å². The minimum atomic E-state index is -0.125. The topological polar surface area (TPSA) is 79.9 Å². The second-order valence-corrected chi connectivity index (χ2v) is 7.36. The minimum Gasteiger partial charge on any atom is -0.497 e. The van der Waals surface area contributed by atoms with E-state index in [0.29, 0.717) is 17.9 Å². The summed E-state index contributed by atoms with van der Waals surface area (Å²) in [5.41, 5.74) is 2.62. The third-order valence-corrected chi connectivity index (χ3v) is 5.27. The van der Waals surface area contributed by atoms with Gasteiger partial charge in [0, 0.05) is 41.6 Å². The molecule has 0 aliphatic heterocycles. The summed E-state index contributed by atoms with van der Waals surface area (Å²) < 4.78 is 9.48. The van der Waals surface area contributed by atoms with Crippen molar-refractivity contribution in [3.8, 4) is 5.75 Å². The van der Waals surface area contributed by atoms with Crippen molar-refractivity contribution in [3.63, 3.8) is 0 Å². The van der Waals surface area contributed by atoms with Gasteiger partial charge in [-0.1, -0.05) is 12.1 Å². The Morgan fingerprint density at radius 2 is 2.27 bits per heavy atom. The van der Waals surface area contributed by atoms with Crippen LogP contribution in [0.2, 0.25) is 0 Å². The first-order valence-electron chi connectivity index (χ1n) is 8.16. The zero-order chi connectivity index (χ0) is 18.2. The van der Waals surface area contributed by atoms with E-state index in [2.05, 4.69) is 19.7 Å². The van der Waals surface area contributed by atoms with E-state index in [9.17, 15) is 4.79 Å². The maximum atomic E-state index is 12.3. The van der Waals surface area contributed by atoms with Crippen LogP contribution in [0, 0.1) is 0 Å². The molecule has 0 aliphatic rings. The van der Waals surface area contributed by atoms with E-state index in [0.717, 1.165) is 35.1 Å². The lowest BCUT2D eigenvalue weighted by molar-refractivity contribution is 0.414. The fraction of sp³-hybridized carbons (Fsp3) is 0.278. The van der Waals surface area contributed by atoms with Crippen molar-refractivity contribution >= 4 is 29.2 Å². The van der Waals surface area contributed by atoms with Crippen LogP contribution in [0.4, 0.5) is 5.95 Å². The fourth-order valence-electron chi connectivity index (χ4n) is 2.37. The van der Waals surface area contributed by atoms with Crippen LogP contribution < -0.4 is 15.6 Å². The molecule has 0 fully saturated rings. The monoisotopic (exact) mass is 388 g/mol. The van der Waals surface area contributed by atoms with Gasteiger partial charge < -0.3 is 10.1 Å². The van der Waals surface area contributed by atoms with E-state index >= 15 is 0 Å². The number of hydrogen-bond acceptors (Lipinski definition) is 7. The van der Waals surface area contributed by atoms with Crippen LogP contribution in [0.25, 0.3) is 0 Å². The molecule has 2 aromatic heterocycles. The summed E-state index contributed by atoms with van der Waals surface area (Å²) in [6, 6.07) is 9.71.